The summed E-state index contributed by atoms with van der Waals surface area (Å²) >= 11 is 0. The van der Waals surface area contributed by atoms with Crippen LogP contribution in [0.3, 0.4) is 0 Å². The first kappa shape index (κ1) is 8.75. The van der Waals surface area contributed by atoms with Crippen LogP contribution in [0.1, 0.15) is 0 Å². The summed E-state index contributed by atoms with van der Waals surface area (Å²) in [5, 5.41) is 0. The summed E-state index contributed by atoms with van der Waals surface area (Å²) in [6.45, 7) is 0. The van der Waals surface area contributed by atoms with E-state index in [1.165, 1.54) is 0 Å². The molecule has 0 saturated carbocycles. The van der Waals surface area contributed by atoms with E-state index >= 15 is 0 Å². The molecule has 0 radical (unpaired) electrons. The summed E-state index contributed by atoms with van der Waals surface area (Å²) in [7, 11) is 2.01. The zero-order valence-corrected chi connectivity index (χ0v) is 8.09. The van der Waals surface area contributed by atoms with Crippen molar-refractivity contribution < 1.29 is 0 Å². The van der Waals surface area contributed by atoms with Crippen LogP contribution in [0, 0.1) is 0 Å². The third kappa shape index (κ3) is 1.74. The van der Waals surface area contributed by atoms with Crippen molar-refractivity contribution in [3.63, 3.8) is 0 Å². The second-order valence-electron chi connectivity index (χ2n) is 3.08. The molecule has 1 aromatic heterocycles. The van der Waals surface area contributed by atoms with Gasteiger partial charge in [-0.1, -0.05) is 24.3 Å². The van der Waals surface area contributed by atoms with Gasteiger partial charge < -0.3 is 4.90 Å². The zero-order valence-electron chi connectivity index (χ0n) is 8.09. The maximum Gasteiger partial charge on any atom is 0.132 e. The molecule has 0 atom stereocenters. The fourth-order valence-corrected chi connectivity index (χ4v) is 1.34. The van der Waals surface area contributed by atoms with Gasteiger partial charge in [0.05, 0.1) is 0 Å². The lowest BCUT2D eigenvalue weighted by Gasteiger charge is -2.17. The zero-order chi connectivity index (χ0) is 9.80. The van der Waals surface area contributed by atoms with Gasteiger partial charge in [-0.25, -0.2) is 4.98 Å². The third-order valence-electron chi connectivity index (χ3n) is 2.14. The number of rotatable bonds is 2. The molecule has 0 N–H and O–H groups in total. The molecule has 2 nitrogen and oxygen atoms in total. The molecule has 0 unspecified atom stereocenters. The Labute approximate surface area is 83.8 Å². The van der Waals surface area contributed by atoms with E-state index < -0.39 is 0 Å². The average molecular weight is 184 g/mol. The topological polar surface area (TPSA) is 16.1 Å². The molecular formula is C12H12N2. The van der Waals surface area contributed by atoms with Gasteiger partial charge in [0, 0.05) is 18.9 Å². The van der Waals surface area contributed by atoms with E-state index in [0.717, 1.165) is 11.5 Å². The molecule has 0 aliphatic rings. The Bertz CT molecular complexity index is 344. The lowest BCUT2D eigenvalue weighted by molar-refractivity contribution is 1.13. The van der Waals surface area contributed by atoms with Crippen molar-refractivity contribution in [3.05, 3.63) is 54.7 Å². The minimum Gasteiger partial charge on any atom is -0.329 e. The predicted octanol–water partition coefficient (Wildman–Crippen LogP) is 2.85. The van der Waals surface area contributed by atoms with E-state index in [4.69, 9.17) is 0 Å². The second kappa shape index (κ2) is 3.92. The fraction of sp³-hybridized carbons (Fsp3) is 0.0833. The molecule has 1 heterocycles. The number of benzene rings is 1. The lowest BCUT2D eigenvalue weighted by atomic mass is 10.3. The smallest absolute Gasteiger partial charge is 0.132 e. The predicted molar refractivity (Wildman–Crippen MR) is 58.7 cm³/mol. The average Bonchev–Trinajstić information content (AvgIpc) is 2.30. The van der Waals surface area contributed by atoms with E-state index in [1.807, 2.05) is 43.4 Å². The van der Waals surface area contributed by atoms with Crippen LogP contribution in [0.25, 0.3) is 0 Å². The maximum absolute atomic E-state index is 4.28. The van der Waals surface area contributed by atoms with Crippen molar-refractivity contribution in [2.45, 2.75) is 0 Å². The van der Waals surface area contributed by atoms with E-state index in [0.29, 0.717) is 0 Å². The Hall–Kier alpha value is -1.83. The number of para-hydroxylation sites is 1. The van der Waals surface area contributed by atoms with Gasteiger partial charge in [-0.05, 0) is 24.3 Å². The summed E-state index contributed by atoms with van der Waals surface area (Å²) in [5.41, 5.74) is 1.14. The largest absolute Gasteiger partial charge is 0.329 e. The monoisotopic (exact) mass is 184 g/mol. The Morgan fingerprint density at radius 3 is 2.29 bits per heavy atom. The minimum absolute atomic E-state index is 0.957. The van der Waals surface area contributed by atoms with Gasteiger partial charge in [-0.15, -0.1) is 0 Å². The molecule has 14 heavy (non-hydrogen) atoms. The van der Waals surface area contributed by atoms with Crippen LogP contribution >= 0.6 is 0 Å². The molecular weight excluding hydrogens is 172 g/mol. The number of nitrogens with zero attached hydrogens (tertiary/aromatic N) is 2. The normalized spacial score (nSPS) is 9.79. The van der Waals surface area contributed by atoms with Gasteiger partial charge in [0.25, 0.3) is 0 Å². The molecule has 2 heteroatoms. The van der Waals surface area contributed by atoms with E-state index in [-0.39, 0.29) is 0 Å². The van der Waals surface area contributed by atoms with Gasteiger partial charge in [-0.3, -0.25) is 0 Å². The first-order valence-corrected chi connectivity index (χ1v) is 4.58. The Morgan fingerprint density at radius 2 is 1.64 bits per heavy atom. The number of aromatic nitrogens is 1. The van der Waals surface area contributed by atoms with Gasteiger partial charge in [-0.2, -0.15) is 0 Å². The van der Waals surface area contributed by atoms with Crippen LogP contribution in [0.2, 0.25) is 0 Å². The number of anilines is 2. The molecule has 0 amide bonds. The van der Waals surface area contributed by atoms with Crippen LogP contribution in [-0.4, -0.2) is 12.0 Å². The summed E-state index contributed by atoms with van der Waals surface area (Å²) in [6, 6.07) is 16.1. The van der Waals surface area contributed by atoms with Gasteiger partial charge in [0.2, 0.25) is 0 Å². The SMILES string of the molecule is CN(c1ccccc1)c1ccccn1. The highest BCUT2D eigenvalue weighted by Gasteiger charge is 2.01. The Balaban J connectivity index is 2.30. The maximum atomic E-state index is 4.28. The van der Waals surface area contributed by atoms with E-state index in [9.17, 15) is 0 Å². The van der Waals surface area contributed by atoms with Crippen molar-refractivity contribution in [2.75, 3.05) is 11.9 Å². The van der Waals surface area contributed by atoms with Gasteiger partial charge in [0.15, 0.2) is 0 Å². The van der Waals surface area contributed by atoms with E-state index in [1.54, 1.807) is 6.20 Å². The summed E-state index contributed by atoms with van der Waals surface area (Å²) in [4.78, 5) is 6.34. The molecule has 2 aromatic rings. The molecule has 0 fully saturated rings. The molecule has 1 aromatic carbocycles. The Morgan fingerprint density at radius 1 is 0.929 bits per heavy atom. The minimum atomic E-state index is 0.957. The number of hydrogen-bond acceptors (Lipinski definition) is 2. The van der Waals surface area contributed by atoms with Crippen molar-refractivity contribution >= 4 is 11.5 Å². The first-order chi connectivity index (χ1) is 6.88. The quantitative estimate of drug-likeness (QED) is 0.713. The summed E-state index contributed by atoms with van der Waals surface area (Å²) in [6.07, 6.45) is 1.80. The molecule has 0 bridgehead atoms. The highest BCUT2D eigenvalue weighted by molar-refractivity contribution is 5.58. The van der Waals surface area contributed by atoms with Gasteiger partial charge in [0.1, 0.15) is 5.82 Å². The van der Waals surface area contributed by atoms with E-state index in [2.05, 4.69) is 22.0 Å². The fourth-order valence-electron chi connectivity index (χ4n) is 1.34. The van der Waals surface area contributed by atoms with Crippen molar-refractivity contribution in [3.8, 4) is 0 Å². The molecule has 0 saturated heterocycles. The molecule has 70 valence electrons. The molecule has 0 spiro atoms. The standard InChI is InChI=1S/C12H12N2/c1-14(11-7-3-2-4-8-11)12-9-5-6-10-13-12/h2-10H,1H3. The van der Waals surface area contributed by atoms with Crippen LogP contribution in [0.4, 0.5) is 11.5 Å². The summed E-state index contributed by atoms with van der Waals surface area (Å²) in [5.74, 6) is 0.957. The van der Waals surface area contributed by atoms with Crippen LogP contribution in [0.5, 0.6) is 0 Å². The van der Waals surface area contributed by atoms with Crippen molar-refractivity contribution in [1.82, 2.24) is 4.98 Å². The number of hydrogen-bond donors (Lipinski definition) is 0. The highest BCUT2D eigenvalue weighted by atomic mass is 15.2. The first-order valence-electron chi connectivity index (χ1n) is 4.58. The summed E-state index contributed by atoms with van der Waals surface area (Å²) < 4.78 is 0. The van der Waals surface area contributed by atoms with Gasteiger partial charge >= 0.3 is 0 Å². The lowest BCUT2D eigenvalue weighted by Crippen LogP contribution is -2.10. The highest BCUT2D eigenvalue weighted by Crippen LogP contribution is 2.19. The molecule has 0 aliphatic heterocycles. The van der Waals surface area contributed by atoms with Crippen molar-refractivity contribution in [2.24, 2.45) is 0 Å². The van der Waals surface area contributed by atoms with Crippen LogP contribution < -0.4 is 4.90 Å². The molecule has 0 aliphatic carbocycles. The van der Waals surface area contributed by atoms with Crippen LogP contribution in [-0.2, 0) is 0 Å². The number of pyridine rings is 1. The van der Waals surface area contributed by atoms with Crippen LogP contribution in [0.15, 0.2) is 54.7 Å². The third-order valence-corrected chi connectivity index (χ3v) is 2.14. The second-order valence-corrected chi connectivity index (χ2v) is 3.08. The van der Waals surface area contributed by atoms with Crippen molar-refractivity contribution in [1.29, 1.82) is 0 Å². The Kier molecular flexibility index (Phi) is 2.45. The molecule has 2 rings (SSSR count).